The highest BCUT2D eigenvalue weighted by molar-refractivity contribution is 5.66. The van der Waals surface area contributed by atoms with Gasteiger partial charge >= 0.3 is 5.97 Å². The van der Waals surface area contributed by atoms with E-state index in [4.69, 9.17) is 4.74 Å². The maximum Gasteiger partial charge on any atom is 0.303 e. The molecule has 32 heavy (non-hydrogen) atoms. The van der Waals surface area contributed by atoms with Gasteiger partial charge in [-0.3, -0.25) is 4.79 Å². The Balaban J connectivity index is 1.47. The van der Waals surface area contributed by atoms with Gasteiger partial charge in [-0.25, -0.2) is 0 Å². The zero-order valence-electron chi connectivity index (χ0n) is 21.3. The monoisotopic (exact) mass is 442 g/mol. The number of hydrogen-bond acceptors (Lipinski definition) is 3. The molecule has 180 valence electrons. The van der Waals surface area contributed by atoms with Crippen molar-refractivity contribution in [2.75, 3.05) is 0 Å². The molecule has 0 radical (unpaired) electrons. The van der Waals surface area contributed by atoms with E-state index in [-0.39, 0.29) is 17.5 Å². The van der Waals surface area contributed by atoms with Gasteiger partial charge in [0.2, 0.25) is 0 Å². The number of rotatable bonds is 6. The van der Waals surface area contributed by atoms with Crippen molar-refractivity contribution in [1.29, 1.82) is 0 Å². The molecular weight excluding hydrogens is 396 g/mol. The molecule has 8 atom stereocenters. The molecular formula is C29H46O3. The van der Waals surface area contributed by atoms with Crippen LogP contribution < -0.4 is 0 Å². The summed E-state index contributed by atoms with van der Waals surface area (Å²) in [6.45, 7) is 12.9. The standard InChI is InChI=1S/C29H46O3/c1-19(8-7-15-27(3,4)31)24-11-12-25-23-10-9-21-18-22(32-20(2)30)13-16-28(21,5)26(23)14-17-29(24,25)6/h9,13,16,19,22-26,31H,7-8,10-12,14-15,17-18H2,1-6H3/t19-,22+,23+,24-,25+,26+,28+,29-/m1/s1. The lowest BCUT2D eigenvalue weighted by Gasteiger charge is -2.57. The summed E-state index contributed by atoms with van der Waals surface area (Å²) in [5.41, 5.74) is 1.57. The van der Waals surface area contributed by atoms with Crippen LogP contribution >= 0.6 is 0 Å². The lowest BCUT2D eigenvalue weighted by atomic mass is 9.48. The Morgan fingerprint density at radius 1 is 1.25 bits per heavy atom. The van der Waals surface area contributed by atoms with Gasteiger partial charge in [0.05, 0.1) is 5.60 Å². The average molecular weight is 443 g/mol. The van der Waals surface area contributed by atoms with Crippen molar-refractivity contribution in [3.63, 3.8) is 0 Å². The van der Waals surface area contributed by atoms with Crippen LogP contribution in [0.4, 0.5) is 0 Å². The van der Waals surface area contributed by atoms with Crippen molar-refractivity contribution >= 4 is 5.97 Å². The molecule has 4 aliphatic rings. The number of esters is 1. The molecule has 0 aliphatic heterocycles. The van der Waals surface area contributed by atoms with Gasteiger partial charge in [0.1, 0.15) is 6.10 Å². The van der Waals surface area contributed by atoms with Crippen LogP contribution in [0.2, 0.25) is 0 Å². The van der Waals surface area contributed by atoms with Gasteiger partial charge in [-0.05, 0) is 93.5 Å². The van der Waals surface area contributed by atoms with E-state index in [1.54, 1.807) is 0 Å². The minimum Gasteiger partial charge on any atom is -0.458 e. The van der Waals surface area contributed by atoms with Crippen LogP contribution in [-0.2, 0) is 9.53 Å². The summed E-state index contributed by atoms with van der Waals surface area (Å²) in [6, 6.07) is 0. The highest BCUT2D eigenvalue weighted by atomic mass is 16.5. The molecule has 0 aromatic heterocycles. The normalized spacial score (nSPS) is 41.8. The van der Waals surface area contributed by atoms with Crippen LogP contribution in [0.1, 0.15) is 99.3 Å². The van der Waals surface area contributed by atoms with Crippen LogP contribution in [0, 0.1) is 40.4 Å². The van der Waals surface area contributed by atoms with Crippen molar-refractivity contribution in [2.45, 2.75) is 111 Å². The molecule has 0 saturated heterocycles. The largest absolute Gasteiger partial charge is 0.458 e. The Morgan fingerprint density at radius 3 is 2.69 bits per heavy atom. The first-order chi connectivity index (χ1) is 14.9. The molecule has 4 rings (SSSR count). The number of fused-ring (bicyclic) bond motifs is 5. The van der Waals surface area contributed by atoms with Gasteiger partial charge in [0.25, 0.3) is 0 Å². The van der Waals surface area contributed by atoms with E-state index >= 15 is 0 Å². The third-order valence-corrected chi connectivity index (χ3v) is 10.1. The van der Waals surface area contributed by atoms with Crippen molar-refractivity contribution in [3.05, 3.63) is 23.8 Å². The Labute approximate surface area is 196 Å². The predicted molar refractivity (Wildman–Crippen MR) is 130 cm³/mol. The van der Waals surface area contributed by atoms with E-state index in [1.807, 2.05) is 13.8 Å². The molecule has 4 aliphatic carbocycles. The fraction of sp³-hybridized carbons (Fsp3) is 0.828. The number of aliphatic hydroxyl groups is 1. The molecule has 2 saturated carbocycles. The summed E-state index contributed by atoms with van der Waals surface area (Å²) in [6.07, 6.45) is 17.8. The first-order valence-corrected chi connectivity index (χ1v) is 13.2. The van der Waals surface area contributed by atoms with Crippen LogP contribution in [0.25, 0.3) is 0 Å². The zero-order valence-corrected chi connectivity index (χ0v) is 21.3. The van der Waals surface area contributed by atoms with Gasteiger partial charge in [-0.2, -0.15) is 0 Å². The number of allylic oxidation sites excluding steroid dienone is 2. The summed E-state index contributed by atoms with van der Waals surface area (Å²) < 4.78 is 5.52. The van der Waals surface area contributed by atoms with E-state index in [1.165, 1.54) is 51.0 Å². The number of carbonyl (C=O) groups excluding carboxylic acids is 1. The van der Waals surface area contributed by atoms with Crippen molar-refractivity contribution in [1.82, 2.24) is 0 Å². The molecule has 0 bridgehead atoms. The zero-order chi connectivity index (χ0) is 23.3. The van der Waals surface area contributed by atoms with E-state index in [9.17, 15) is 9.90 Å². The van der Waals surface area contributed by atoms with Crippen molar-refractivity contribution < 1.29 is 14.6 Å². The lowest BCUT2D eigenvalue weighted by molar-refractivity contribution is -0.144. The number of ether oxygens (including phenoxy) is 1. The summed E-state index contributed by atoms with van der Waals surface area (Å²) in [7, 11) is 0. The van der Waals surface area contributed by atoms with Crippen LogP contribution in [-0.4, -0.2) is 22.8 Å². The van der Waals surface area contributed by atoms with E-state index in [0.29, 0.717) is 5.41 Å². The smallest absolute Gasteiger partial charge is 0.303 e. The molecule has 2 fully saturated rings. The van der Waals surface area contributed by atoms with Crippen LogP contribution in [0.15, 0.2) is 23.8 Å². The van der Waals surface area contributed by atoms with E-state index in [2.05, 4.69) is 39.0 Å². The highest BCUT2D eigenvalue weighted by Crippen LogP contribution is 2.66. The predicted octanol–water partition coefficient (Wildman–Crippen LogP) is 6.85. The average Bonchev–Trinajstić information content (AvgIpc) is 3.04. The summed E-state index contributed by atoms with van der Waals surface area (Å²) in [5, 5.41) is 10.1. The summed E-state index contributed by atoms with van der Waals surface area (Å²) in [5.74, 6) is 3.72. The van der Waals surface area contributed by atoms with Crippen LogP contribution in [0.5, 0.6) is 0 Å². The van der Waals surface area contributed by atoms with E-state index in [0.717, 1.165) is 48.9 Å². The Bertz CT molecular complexity index is 774. The minimum atomic E-state index is -0.538. The fourth-order valence-corrected chi connectivity index (χ4v) is 8.55. The summed E-state index contributed by atoms with van der Waals surface area (Å²) in [4.78, 5) is 11.5. The maximum absolute atomic E-state index is 11.5. The molecule has 0 heterocycles. The van der Waals surface area contributed by atoms with Gasteiger partial charge in [-0.15, -0.1) is 0 Å². The second kappa shape index (κ2) is 8.60. The molecule has 3 nitrogen and oxygen atoms in total. The van der Waals surface area contributed by atoms with Gasteiger partial charge in [-0.1, -0.05) is 51.3 Å². The third kappa shape index (κ3) is 4.36. The quantitative estimate of drug-likeness (QED) is 0.361. The summed E-state index contributed by atoms with van der Waals surface area (Å²) >= 11 is 0. The Hall–Kier alpha value is -1.09. The molecule has 0 aromatic rings. The lowest BCUT2D eigenvalue weighted by Crippen LogP contribution is -2.49. The second-order valence-electron chi connectivity index (χ2n) is 12.7. The van der Waals surface area contributed by atoms with Gasteiger partial charge in [0.15, 0.2) is 0 Å². The molecule has 0 spiro atoms. The molecule has 3 heteroatoms. The van der Waals surface area contributed by atoms with Gasteiger partial charge < -0.3 is 9.84 Å². The SMILES string of the molecule is CC(=O)O[C@H]1C=C[C@@]2(C)C(=CC[C@H]3[C@@H]4CC[C@H]([C@H](C)CCCC(C)(C)O)[C@@]4(C)CC[C@@H]32)C1. The van der Waals surface area contributed by atoms with Crippen molar-refractivity contribution in [3.8, 4) is 0 Å². The first kappa shape index (κ1) is 24.0. The number of hydrogen-bond donors (Lipinski definition) is 1. The third-order valence-electron chi connectivity index (χ3n) is 10.1. The Morgan fingerprint density at radius 2 is 2.00 bits per heavy atom. The van der Waals surface area contributed by atoms with Crippen molar-refractivity contribution in [2.24, 2.45) is 40.4 Å². The molecule has 0 unspecified atom stereocenters. The fourth-order valence-electron chi connectivity index (χ4n) is 8.55. The van der Waals surface area contributed by atoms with Crippen LogP contribution in [0.3, 0.4) is 0 Å². The Kier molecular flexibility index (Phi) is 6.46. The molecule has 1 N–H and O–H groups in total. The van der Waals surface area contributed by atoms with E-state index < -0.39 is 5.60 Å². The molecule has 0 aromatic carbocycles. The molecule has 0 amide bonds. The minimum absolute atomic E-state index is 0.0853. The first-order valence-electron chi connectivity index (χ1n) is 13.2. The topological polar surface area (TPSA) is 46.5 Å². The second-order valence-corrected chi connectivity index (χ2v) is 12.7. The highest BCUT2D eigenvalue weighted by Gasteiger charge is 2.58. The van der Waals surface area contributed by atoms with Gasteiger partial charge in [0, 0.05) is 18.8 Å². The number of carbonyl (C=O) groups is 1. The maximum atomic E-state index is 11.5.